The van der Waals surface area contributed by atoms with E-state index in [0.717, 1.165) is 17.2 Å². The lowest BCUT2D eigenvalue weighted by molar-refractivity contribution is -0.385. The molecule has 0 spiro atoms. The quantitative estimate of drug-likeness (QED) is 0.535. The fraction of sp³-hybridized carbons (Fsp3) is 0.0526. The molecule has 3 aromatic rings. The predicted molar refractivity (Wildman–Crippen MR) is 101 cm³/mol. The molecule has 3 rings (SSSR count). The lowest BCUT2D eigenvalue weighted by Crippen LogP contribution is -2.14. The van der Waals surface area contributed by atoms with Crippen molar-refractivity contribution < 1.29 is 13.3 Å². The van der Waals surface area contributed by atoms with E-state index in [1.165, 1.54) is 12.1 Å². The van der Waals surface area contributed by atoms with Crippen LogP contribution in [0.4, 0.5) is 11.4 Å². The Morgan fingerprint density at radius 1 is 0.923 bits per heavy atom. The number of hydrogen-bond acceptors (Lipinski definition) is 4. The standard InChI is InChI=1S/C19H16N2O4S/c1-14-11-12-16(13-19(14)21(22)23)26(24,25)20-18-10-6-5-9-17(18)15-7-3-2-4-8-15/h2-13,20H,1H3. The Morgan fingerprint density at radius 2 is 1.58 bits per heavy atom. The normalized spacial score (nSPS) is 11.1. The second-order valence-corrected chi connectivity index (χ2v) is 7.40. The van der Waals surface area contributed by atoms with Crippen LogP contribution in [0.25, 0.3) is 11.1 Å². The maximum atomic E-state index is 12.7. The van der Waals surface area contributed by atoms with Crippen LogP contribution in [0, 0.1) is 17.0 Å². The third-order valence-corrected chi connectivity index (χ3v) is 5.31. The summed E-state index contributed by atoms with van der Waals surface area (Å²) in [5.74, 6) is 0. The van der Waals surface area contributed by atoms with Crippen molar-refractivity contribution in [3.8, 4) is 11.1 Å². The molecular weight excluding hydrogens is 352 g/mol. The number of rotatable bonds is 5. The molecule has 0 unspecified atom stereocenters. The third kappa shape index (κ3) is 3.57. The summed E-state index contributed by atoms with van der Waals surface area (Å²) in [5.41, 5.74) is 2.16. The monoisotopic (exact) mass is 368 g/mol. The van der Waals surface area contributed by atoms with Gasteiger partial charge in [0.2, 0.25) is 0 Å². The van der Waals surface area contributed by atoms with Crippen LogP contribution in [-0.2, 0) is 10.0 Å². The number of nitrogens with zero attached hydrogens (tertiary/aromatic N) is 1. The first-order chi connectivity index (χ1) is 12.4. The summed E-state index contributed by atoms with van der Waals surface area (Å²) in [5, 5.41) is 11.1. The molecule has 0 fully saturated rings. The van der Waals surface area contributed by atoms with Gasteiger partial charge in [0.25, 0.3) is 15.7 Å². The molecule has 3 aromatic carbocycles. The molecule has 0 bridgehead atoms. The zero-order chi connectivity index (χ0) is 18.7. The molecule has 0 saturated carbocycles. The number of aryl methyl sites for hydroxylation is 1. The number of hydrogen-bond donors (Lipinski definition) is 1. The molecule has 0 heterocycles. The Labute approximate surface area is 151 Å². The first-order valence-electron chi connectivity index (χ1n) is 7.81. The summed E-state index contributed by atoms with van der Waals surface area (Å²) in [6.07, 6.45) is 0. The summed E-state index contributed by atoms with van der Waals surface area (Å²) in [7, 11) is -3.97. The highest BCUT2D eigenvalue weighted by Gasteiger charge is 2.21. The lowest BCUT2D eigenvalue weighted by Gasteiger charge is -2.13. The molecule has 6 nitrogen and oxygen atoms in total. The molecule has 132 valence electrons. The molecule has 0 atom stereocenters. The zero-order valence-electron chi connectivity index (χ0n) is 13.9. The number of benzene rings is 3. The molecule has 26 heavy (non-hydrogen) atoms. The maximum Gasteiger partial charge on any atom is 0.273 e. The van der Waals surface area contributed by atoms with Crippen LogP contribution in [0.2, 0.25) is 0 Å². The van der Waals surface area contributed by atoms with Crippen LogP contribution in [0.15, 0.2) is 77.7 Å². The van der Waals surface area contributed by atoms with Gasteiger partial charge >= 0.3 is 0 Å². The van der Waals surface area contributed by atoms with E-state index >= 15 is 0 Å². The summed E-state index contributed by atoms with van der Waals surface area (Å²) < 4.78 is 28.0. The van der Waals surface area contributed by atoms with Gasteiger partial charge in [-0.05, 0) is 24.6 Å². The zero-order valence-corrected chi connectivity index (χ0v) is 14.7. The van der Waals surface area contributed by atoms with E-state index < -0.39 is 14.9 Å². The van der Waals surface area contributed by atoms with Crippen molar-refractivity contribution in [2.45, 2.75) is 11.8 Å². The van der Waals surface area contributed by atoms with Crippen LogP contribution in [0.5, 0.6) is 0 Å². The van der Waals surface area contributed by atoms with Crippen LogP contribution in [-0.4, -0.2) is 13.3 Å². The van der Waals surface area contributed by atoms with Gasteiger partial charge < -0.3 is 0 Å². The van der Waals surface area contributed by atoms with Gasteiger partial charge in [0.05, 0.1) is 15.5 Å². The summed E-state index contributed by atoms with van der Waals surface area (Å²) in [6, 6.07) is 20.2. The molecule has 0 amide bonds. The van der Waals surface area contributed by atoms with Crippen molar-refractivity contribution >= 4 is 21.4 Å². The first kappa shape index (κ1) is 17.6. The van der Waals surface area contributed by atoms with Gasteiger partial charge in [-0.2, -0.15) is 0 Å². The minimum Gasteiger partial charge on any atom is -0.279 e. The fourth-order valence-corrected chi connectivity index (χ4v) is 3.70. The SMILES string of the molecule is Cc1ccc(S(=O)(=O)Nc2ccccc2-c2ccccc2)cc1[N+](=O)[O-]. The predicted octanol–water partition coefficient (Wildman–Crippen LogP) is 4.37. The highest BCUT2D eigenvalue weighted by Crippen LogP contribution is 2.30. The van der Waals surface area contributed by atoms with Crippen molar-refractivity contribution in [1.29, 1.82) is 0 Å². The van der Waals surface area contributed by atoms with Gasteiger partial charge in [-0.25, -0.2) is 8.42 Å². The molecule has 0 aliphatic carbocycles. The molecule has 0 saturated heterocycles. The van der Waals surface area contributed by atoms with Gasteiger partial charge in [0.15, 0.2) is 0 Å². The number of para-hydroxylation sites is 1. The highest BCUT2D eigenvalue weighted by atomic mass is 32.2. The Morgan fingerprint density at radius 3 is 2.27 bits per heavy atom. The van der Waals surface area contributed by atoms with Crippen molar-refractivity contribution in [2.24, 2.45) is 0 Å². The molecule has 7 heteroatoms. The highest BCUT2D eigenvalue weighted by molar-refractivity contribution is 7.92. The fourth-order valence-electron chi connectivity index (χ4n) is 2.60. The van der Waals surface area contributed by atoms with Gasteiger partial charge in [0.1, 0.15) is 0 Å². The van der Waals surface area contributed by atoms with Gasteiger partial charge in [0, 0.05) is 17.2 Å². The lowest BCUT2D eigenvalue weighted by atomic mass is 10.0. The Bertz CT molecular complexity index is 1060. The summed E-state index contributed by atoms with van der Waals surface area (Å²) >= 11 is 0. The second-order valence-electron chi connectivity index (χ2n) is 5.72. The second kappa shape index (κ2) is 6.97. The minimum absolute atomic E-state index is 0.155. The number of nitro benzene ring substituents is 1. The van der Waals surface area contributed by atoms with E-state index in [1.54, 1.807) is 19.1 Å². The van der Waals surface area contributed by atoms with Crippen LogP contribution >= 0.6 is 0 Å². The largest absolute Gasteiger partial charge is 0.279 e. The maximum absolute atomic E-state index is 12.7. The van der Waals surface area contributed by atoms with Crippen LogP contribution < -0.4 is 4.72 Å². The van der Waals surface area contributed by atoms with Crippen molar-refractivity contribution in [2.75, 3.05) is 4.72 Å². The van der Waals surface area contributed by atoms with Crippen molar-refractivity contribution in [3.63, 3.8) is 0 Å². The van der Waals surface area contributed by atoms with E-state index in [9.17, 15) is 18.5 Å². The van der Waals surface area contributed by atoms with Gasteiger partial charge in [-0.3, -0.25) is 14.8 Å². The molecule has 1 N–H and O–H groups in total. The van der Waals surface area contributed by atoms with E-state index in [-0.39, 0.29) is 10.6 Å². The van der Waals surface area contributed by atoms with E-state index in [2.05, 4.69) is 4.72 Å². The number of nitro groups is 1. The summed E-state index contributed by atoms with van der Waals surface area (Å²) in [6.45, 7) is 1.56. The van der Waals surface area contributed by atoms with E-state index in [1.807, 2.05) is 42.5 Å². The number of anilines is 1. The molecule has 0 aromatic heterocycles. The topological polar surface area (TPSA) is 89.3 Å². The average molecular weight is 368 g/mol. The Kier molecular flexibility index (Phi) is 4.73. The average Bonchev–Trinajstić information content (AvgIpc) is 2.62. The van der Waals surface area contributed by atoms with E-state index in [0.29, 0.717) is 11.3 Å². The smallest absolute Gasteiger partial charge is 0.273 e. The van der Waals surface area contributed by atoms with Gasteiger partial charge in [-0.1, -0.05) is 54.6 Å². The van der Waals surface area contributed by atoms with Crippen molar-refractivity contribution in [3.05, 3.63) is 88.5 Å². The van der Waals surface area contributed by atoms with E-state index in [4.69, 9.17) is 0 Å². The minimum atomic E-state index is -3.97. The van der Waals surface area contributed by atoms with Crippen LogP contribution in [0.1, 0.15) is 5.56 Å². The Balaban J connectivity index is 2.02. The first-order valence-corrected chi connectivity index (χ1v) is 9.29. The molecule has 0 aliphatic heterocycles. The summed E-state index contributed by atoms with van der Waals surface area (Å²) in [4.78, 5) is 10.3. The molecule has 0 aliphatic rings. The third-order valence-electron chi connectivity index (χ3n) is 3.94. The molecule has 0 radical (unpaired) electrons. The van der Waals surface area contributed by atoms with Crippen molar-refractivity contribution in [1.82, 2.24) is 0 Å². The number of nitrogens with one attached hydrogen (secondary N) is 1. The molecular formula is C19H16N2O4S. The Hall–Kier alpha value is -3.19. The van der Waals surface area contributed by atoms with Crippen LogP contribution in [0.3, 0.4) is 0 Å². The number of sulfonamides is 1. The van der Waals surface area contributed by atoms with Gasteiger partial charge in [-0.15, -0.1) is 0 Å².